The van der Waals surface area contributed by atoms with Crippen LogP contribution in [0.3, 0.4) is 0 Å². The van der Waals surface area contributed by atoms with E-state index in [0.29, 0.717) is 5.75 Å². The molecule has 0 spiro atoms. The van der Waals surface area contributed by atoms with E-state index < -0.39 is 15.9 Å². The smallest absolute Gasteiger partial charge is 0.159 e. The fourth-order valence-corrected chi connectivity index (χ4v) is 4.53. The van der Waals surface area contributed by atoms with E-state index >= 15 is 0 Å². The van der Waals surface area contributed by atoms with Crippen molar-refractivity contribution in [1.82, 2.24) is 0 Å². The first-order valence-electron chi connectivity index (χ1n) is 6.81. The molecule has 0 amide bonds. The molecule has 0 unspecified atom stereocenters. The molecule has 0 saturated carbocycles. The van der Waals surface area contributed by atoms with Crippen molar-refractivity contribution in [2.24, 2.45) is 0 Å². The molecule has 1 aliphatic heterocycles. The second kappa shape index (κ2) is 6.21. The molecule has 1 aliphatic rings. The lowest BCUT2D eigenvalue weighted by molar-refractivity contribution is -0.725. The minimum absolute atomic E-state index is 0.00475. The van der Waals surface area contributed by atoms with Crippen LogP contribution in [0.1, 0.15) is 18.5 Å². The predicted octanol–water partition coefficient (Wildman–Crippen LogP) is -0.514. The third kappa shape index (κ3) is 3.66. The number of hydrogen-bond donors (Lipinski definition) is 2. The first-order chi connectivity index (χ1) is 9.86. The molecular formula is C14H22NO5S+. The number of nitrogens with two attached hydrogens (primary N) is 1. The van der Waals surface area contributed by atoms with Crippen LogP contribution in [0.25, 0.3) is 0 Å². The summed E-state index contributed by atoms with van der Waals surface area (Å²) in [6.07, 6.45) is -0.825. The molecule has 1 saturated heterocycles. The molecule has 3 atom stereocenters. The van der Waals surface area contributed by atoms with Gasteiger partial charge >= 0.3 is 0 Å². The Morgan fingerprint density at radius 1 is 1.29 bits per heavy atom. The molecule has 0 aromatic heterocycles. The van der Waals surface area contributed by atoms with Gasteiger partial charge in [0, 0.05) is 0 Å². The second-order valence-corrected chi connectivity index (χ2v) is 7.55. The summed E-state index contributed by atoms with van der Waals surface area (Å²) in [5.74, 6) is 1.28. The van der Waals surface area contributed by atoms with Gasteiger partial charge in [-0.05, 0) is 25.1 Å². The SMILES string of the molecule is COc1ccc(OC)c([C@@H](C)[NH2+][C@@H]2CS(=O)(=O)C[C@@H]2O)c1. The average Bonchev–Trinajstić information content (AvgIpc) is 2.70. The highest BCUT2D eigenvalue weighted by Gasteiger charge is 2.40. The van der Waals surface area contributed by atoms with Crippen molar-refractivity contribution in [2.45, 2.75) is 25.1 Å². The van der Waals surface area contributed by atoms with Crippen LogP contribution in [-0.2, 0) is 9.84 Å². The Hall–Kier alpha value is -1.31. The van der Waals surface area contributed by atoms with E-state index in [9.17, 15) is 13.5 Å². The van der Waals surface area contributed by atoms with Gasteiger partial charge < -0.3 is 19.9 Å². The van der Waals surface area contributed by atoms with Crippen LogP contribution in [0.4, 0.5) is 0 Å². The molecule has 1 aromatic carbocycles. The Balaban J connectivity index is 2.18. The molecule has 0 aliphatic carbocycles. The van der Waals surface area contributed by atoms with Crippen LogP contribution in [0.5, 0.6) is 11.5 Å². The minimum atomic E-state index is -3.14. The summed E-state index contributed by atoms with van der Waals surface area (Å²) in [4.78, 5) is 0. The molecule has 2 rings (SSSR count). The molecular weight excluding hydrogens is 294 g/mol. The third-order valence-corrected chi connectivity index (χ3v) is 5.57. The Morgan fingerprint density at radius 2 is 2.00 bits per heavy atom. The van der Waals surface area contributed by atoms with E-state index in [-0.39, 0.29) is 23.6 Å². The Bertz CT molecular complexity index is 601. The summed E-state index contributed by atoms with van der Waals surface area (Å²) in [5, 5.41) is 11.8. The maximum atomic E-state index is 11.6. The number of ether oxygens (including phenoxy) is 2. The van der Waals surface area contributed by atoms with Crippen LogP contribution in [0, 0.1) is 0 Å². The van der Waals surface area contributed by atoms with E-state index in [4.69, 9.17) is 9.47 Å². The van der Waals surface area contributed by atoms with Crippen molar-refractivity contribution in [3.05, 3.63) is 23.8 Å². The first kappa shape index (κ1) is 16.1. The maximum Gasteiger partial charge on any atom is 0.159 e. The number of aliphatic hydroxyl groups excluding tert-OH is 1. The van der Waals surface area contributed by atoms with Crippen LogP contribution >= 0.6 is 0 Å². The number of aliphatic hydroxyl groups is 1. The highest BCUT2D eigenvalue weighted by molar-refractivity contribution is 7.91. The minimum Gasteiger partial charge on any atom is -0.497 e. The largest absolute Gasteiger partial charge is 0.497 e. The fraction of sp³-hybridized carbons (Fsp3) is 0.571. The van der Waals surface area contributed by atoms with Crippen molar-refractivity contribution in [2.75, 3.05) is 25.7 Å². The van der Waals surface area contributed by atoms with Crippen LogP contribution in [0.2, 0.25) is 0 Å². The van der Waals surface area contributed by atoms with Gasteiger partial charge in [0.1, 0.15) is 35.4 Å². The number of rotatable bonds is 5. The van der Waals surface area contributed by atoms with Gasteiger partial charge in [0.15, 0.2) is 9.84 Å². The van der Waals surface area contributed by atoms with Crippen molar-refractivity contribution in [3.63, 3.8) is 0 Å². The number of benzene rings is 1. The number of sulfone groups is 1. The van der Waals surface area contributed by atoms with Gasteiger partial charge in [-0.15, -0.1) is 0 Å². The summed E-state index contributed by atoms with van der Waals surface area (Å²) in [7, 11) is 0.0426. The molecule has 3 N–H and O–H groups in total. The predicted molar refractivity (Wildman–Crippen MR) is 78.3 cm³/mol. The van der Waals surface area contributed by atoms with Gasteiger partial charge in [-0.2, -0.15) is 0 Å². The van der Waals surface area contributed by atoms with Crippen molar-refractivity contribution in [1.29, 1.82) is 0 Å². The Labute approximate surface area is 125 Å². The van der Waals surface area contributed by atoms with Crippen LogP contribution in [-0.4, -0.2) is 51.4 Å². The van der Waals surface area contributed by atoms with Crippen molar-refractivity contribution < 1.29 is 28.3 Å². The fourth-order valence-electron chi connectivity index (χ4n) is 2.71. The molecule has 0 radical (unpaired) electrons. The topological polar surface area (TPSA) is 89.4 Å². The monoisotopic (exact) mass is 316 g/mol. The lowest BCUT2D eigenvalue weighted by Crippen LogP contribution is -2.92. The number of methoxy groups -OCH3 is 2. The number of quaternary nitrogens is 1. The summed E-state index contributed by atoms with van der Waals surface area (Å²) in [6.45, 7) is 1.95. The standard InChI is InChI=1S/C14H21NO5S/c1-9(15-12-7-21(17,18)8-13(12)16)11-6-10(19-2)4-5-14(11)20-3/h4-6,9,12-13,15-16H,7-8H2,1-3H3/p+1/t9-,12-,13+/m1/s1. The Kier molecular flexibility index (Phi) is 4.75. The van der Waals surface area contributed by atoms with Crippen molar-refractivity contribution in [3.8, 4) is 11.5 Å². The summed E-state index contributed by atoms with van der Waals surface area (Å²) < 4.78 is 33.7. The molecule has 0 bridgehead atoms. The highest BCUT2D eigenvalue weighted by atomic mass is 32.2. The van der Waals surface area contributed by atoms with Gasteiger partial charge in [0.05, 0.1) is 25.5 Å². The van der Waals surface area contributed by atoms with Crippen molar-refractivity contribution >= 4 is 9.84 Å². The molecule has 21 heavy (non-hydrogen) atoms. The van der Waals surface area contributed by atoms with Gasteiger partial charge in [0.2, 0.25) is 0 Å². The normalized spacial score (nSPS) is 25.5. The van der Waals surface area contributed by atoms with Gasteiger partial charge in [0.25, 0.3) is 0 Å². The summed E-state index contributed by atoms with van der Waals surface area (Å²) in [5.41, 5.74) is 0.911. The Morgan fingerprint density at radius 3 is 2.52 bits per heavy atom. The van der Waals surface area contributed by atoms with Crippen LogP contribution < -0.4 is 14.8 Å². The molecule has 118 valence electrons. The summed E-state index contributed by atoms with van der Waals surface area (Å²) >= 11 is 0. The zero-order valence-corrected chi connectivity index (χ0v) is 13.3. The highest BCUT2D eigenvalue weighted by Crippen LogP contribution is 2.27. The second-order valence-electron chi connectivity index (χ2n) is 5.40. The van der Waals surface area contributed by atoms with Crippen LogP contribution in [0.15, 0.2) is 18.2 Å². The lowest BCUT2D eigenvalue weighted by Gasteiger charge is -2.20. The average molecular weight is 316 g/mol. The molecule has 1 heterocycles. The van der Waals surface area contributed by atoms with E-state index in [1.165, 1.54) is 0 Å². The molecule has 7 heteroatoms. The van der Waals surface area contributed by atoms with E-state index in [1.54, 1.807) is 14.2 Å². The zero-order chi connectivity index (χ0) is 15.6. The molecule has 6 nitrogen and oxygen atoms in total. The van der Waals surface area contributed by atoms with E-state index in [0.717, 1.165) is 11.3 Å². The first-order valence-corrected chi connectivity index (χ1v) is 8.64. The summed E-state index contributed by atoms with van der Waals surface area (Å²) in [6, 6.07) is 5.10. The van der Waals surface area contributed by atoms with E-state index in [2.05, 4.69) is 0 Å². The quantitative estimate of drug-likeness (QED) is 0.763. The van der Waals surface area contributed by atoms with Gasteiger partial charge in [-0.3, -0.25) is 0 Å². The number of hydrogen-bond acceptors (Lipinski definition) is 5. The molecule has 1 aromatic rings. The zero-order valence-electron chi connectivity index (χ0n) is 12.4. The van der Waals surface area contributed by atoms with Gasteiger partial charge in [-0.1, -0.05) is 0 Å². The van der Waals surface area contributed by atoms with E-state index in [1.807, 2.05) is 30.4 Å². The van der Waals surface area contributed by atoms with Gasteiger partial charge in [-0.25, -0.2) is 8.42 Å². The maximum absolute atomic E-state index is 11.6. The lowest BCUT2D eigenvalue weighted by atomic mass is 10.0. The third-order valence-electron chi connectivity index (χ3n) is 3.83. The molecule has 1 fully saturated rings.